The van der Waals surface area contributed by atoms with E-state index in [4.69, 9.17) is 16.9 Å². The molecule has 3 rings (SSSR count). The molecule has 0 saturated heterocycles. The molecule has 1 heterocycles. The van der Waals surface area contributed by atoms with Crippen LogP contribution >= 0.6 is 0 Å². The smallest absolute Gasteiger partial charge is 0.144 e. The third-order valence-corrected chi connectivity index (χ3v) is 3.36. The number of hydrogen-bond donors (Lipinski definition) is 2. The summed E-state index contributed by atoms with van der Waals surface area (Å²) in [6.07, 6.45) is 6.94. The SMILES string of the molecule is C#Cc1cccc(Nc2ncnc3cc(OCC)c(N)cc23)c1. The van der Waals surface area contributed by atoms with Crippen LogP contribution in [0.4, 0.5) is 17.2 Å². The van der Waals surface area contributed by atoms with E-state index in [2.05, 4.69) is 21.2 Å². The second kappa shape index (κ2) is 6.24. The first-order valence-corrected chi connectivity index (χ1v) is 7.22. The van der Waals surface area contributed by atoms with Crippen LogP contribution in [0.5, 0.6) is 5.75 Å². The highest BCUT2D eigenvalue weighted by molar-refractivity contribution is 5.94. The van der Waals surface area contributed by atoms with Crippen LogP contribution in [-0.4, -0.2) is 16.6 Å². The van der Waals surface area contributed by atoms with Crippen molar-refractivity contribution in [3.8, 4) is 18.1 Å². The second-order valence-electron chi connectivity index (χ2n) is 4.91. The van der Waals surface area contributed by atoms with Crippen molar-refractivity contribution in [1.29, 1.82) is 0 Å². The number of hydrogen-bond acceptors (Lipinski definition) is 5. The van der Waals surface area contributed by atoms with Crippen molar-refractivity contribution in [3.63, 3.8) is 0 Å². The van der Waals surface area contributed by atoms with E-state index in [0.717, 1.165) is 22.2 Å². The Labute approximate surface area is 134 Å². The van der Waals surface area contributed by atoms with Gasteiger partial charge in [0.2, 0.25) is 0 Å². The van der Waals surface area contributed by atoms with E-state index in [0.29, 0.717) is 23.9 Å². The number of nitrogens with zero attached hydrogens (tertiary/aromatic N) is 2. The van der Waals surface area contributed by atoms with E-state index in [9.17, 15) is 0 Å². The van der Waals surface area contributed by atoms with Gasteiger partial charge in [0.1, 0.15) is 17.9 Å². The molecule has 3 aromatic rings. The molecule has 0 aliphatic heterocycles. The number of nitrogens with one attached hydrogen (secondary N) is 1. The highest BCUT2D eigenvalue weighted by Crippen LogP contribution is 2.31. The minimum atomic E-state index is 0.546. The van der Waals surface area contributed by atoms with E-state index in [1.807, 2.05) is 43.3 Å². The highest BCUT2D eigenvalue weighted by atomic mass is 16.5. The third-order valence-electron chi connectivity index (χ3n) is 3.36. The van der Waals surface area contributed by atoms with Gasteiger partial charge >= 0.3 is 0 Å². The highest BCUT2D eigenvalue weighted by Gasteiger charge is 2.09. The molecule has 3 N–H and O–H groups in total. The van der Waals surface area contributed by atoms with Gasteiger partial charge < -0.3 is 15.8 Å². The van der Waals surface area contributed by atoms with Crippen LogP contribution in [0.3, 0.4) is 0 Å². The predicted molar refractivity (Wildman–Crippen MR) is 92.8 cm³/mol. The summed E-state index contributed by atoms with van der Waals surface area (Å²) in [4.78, 5) is 8.59. The zero-order valence-electron chi connectivity index (χ0n) is 12.7. The molecule has 5 heteroatoms. The van der Waals surface area contributed by atoms with Crippen LogP contribution in [-0.2, 0) is 0 Å². The van der Waals surface area contributed by atoms with Crippen molar-refractivity contribution in [2.45, 2.75) is 6.92 Å². The van der Waals surface area contributed by atoms with Gasteiger partial charge in [-0.2, -0.15) is 0 Å². The molecule has 0 radical (unpaired) electrons. The molecule has 1 aromatic heterocycles. The van der Waals surface area contributed by atoms with Crippen molar-refractivity contribution in [2.24, 2.45) is 0 Å². The van der Waals surface area contributed by atoms with Crippen LogP contribution in [0.25, 0.3) is 10.9 Å². The summed E-state index contributed by atoms with van der Waals surface area (Å²) in [6, 6.07) is 11.2. The molecule has 114 valence electrons. The lowest BCUT2D eigenvalue weighted by Crippen LogP contribution is -2.00. The molecule has 2 aromatic carbocycles. The van der Waals surface area contributed by atoms with Gasteiger partial charge in [0.25, 0.3) is 0 Å². The van der Waals surface area contributed by atoms with Crippen molar-refractivity contribution in [3.05, 3.63) is 48.3 Å². The van der Waals surface area contributed by atoms with Crippen LogP contribution < -0.4 is 15.8 Å². The standard InChI is InChI=1S/C18H16N4O/c1-3-12-6-5-7-13(8-12)22-18-14-9-15(19)17(23-4-2)10-16(14)20-11-21-18/h1,5-11H,4,19H2,2H3,(H,20,21,22). The number of rotatable bonds is 4. The lowest BCUT2D eigenvalue weighted by molar-refractivity contribution is 0.342. The molecule has 0 amide bonds. The van der Waals surface area contributed by atoms with Gasteiger partial charge in [-0.25, -0.2) is 9.97 Å². The van der Waals surface area contributed by atoms with Crippen LogP contribution in [0, 0.1) is 12.3 Å². The molecular formula is C18H16N4O. The van der Waals surface area contributed by atoms with Gasteiger partial charge in [0.05, 0.1) is 17.8 Å². The minimum absolute atomic E-state index is 0.546. The van der Waals surface area contributed by atoms with Crippen LogP contribution in [0.2, 0.25) is 0 Å². The number of terminal acetylenes is 1. The third kappa shape index (κ3) is 3.01. The topological polar surface area (TPSA) is 73.1 Å². The van der Waals surface area contributed by atoms with E-state index in [-0.39, 0.29) is 0 Å². The summed E-state index contributed by atoms with van der Waals surface area (Å²) in [5.41, 5.74) is 9.01. The largest absolute Gasteiger partial charge is 0.492 e. The second-order valence-corrected chi connectivity index (χ2v) is 4.91. The Balaban J connectivity index is 2.04. The summed E-state index contributed by atoms with van der Waals surface area (Å²) >= 11 is 0. The Bertz CT molecular complexity index is 899. The number of nitrogen functional groups attached to an aromatic ring is 1. The fraction of sp³-hybridized carbons (Fsp3) is 0.111. The fourth-order valence-corrected chi connectivity index (χ4v) is 2.30. The summed E-state index contributed by atoms with van der Waals surface area (Å²) in [5, 5.41) is 4.08. The van der Waals surface area contributed by atoms with Gasteiger partial charge in [-0.1, -0.05) is 12.0 Å². The van der Waals surface area contributed by atoms with Crippen molar-refractivity contribution < 1.29 is 4.74 Å². The molecule has 0 saturated carbocycles. The zero-order chi connectivity index (χ0) is 16.2. The molecular weight excluding hydrogens is 288 g/mol. The predicted octanol–water partition coefficient (Wildman–Crippen LogP) is 3.34. The Hall–Kier alpha value is -3.26. The average Bonchev–Trinajstić information content (AvgIpc) is 2.57. The average molecular weight is 304 g/mol. The number of benzene rings is 2. The molecule has 5 nitrogen and oxygen atoms in total. The quantitative estimate of drug-likeness (QED) is 0.571. The summed E-state index contributed by atoms with van der Waals surface area (Å²) < 4.78 is 5.51. The number of ether oxygens (including phenoxy) is 1. The van der Waals surface area contributed by atoms with Gasteiger partial charge in [-0.15, -0.1) is 6.42 Å². The molecule has 0 atom stereocenters. The lowest BCUT2D eigenvalue weighted by Gasteiger charge is -2.12. The first-order chi connectivity index (χ1) is 11.2. The number of nitrogens with two attached hydrogens (primary N) is 1. The van der Waals surface area contributed by atoms with Gasteiger partial charge in [0, 0.05) is 22.7 Å². The summed E-state index contributed by atoms with van der Waals surface area (Å²) in [6.45, 7) is 2.46. The maximum atomic E-state index is 6.05. The molecule has 0 spiro atoms. The molecule has 23 heavy (non-hydrogen) atoms. The summed E-state index contributed by atoms with van der Waals surface area (Å²) in [5.74, 6) is 3.90. The summed E-state index contributed by atoms with van der Waals surface area (Å²) in [7, 11) is 0. The van der Waals surface area contributed by atoms with Gasteiger partial charge in [-0.05, 0) is 31.2 Å². The minimum Gasteiger partial charge on any atom is -0.492 e. The number of anilines is 3. The molecule has 0 aliphatic rings. The van der Waals surface area contributed by atoms with E-state index < -0.39 is 0 Å². The maximum Gasteiger partial charge on any atom is 0.144 e. The Morgan fingerprint density at radius 2 is 2.13 bits per heavy atom. The molecule has 0 unspecified atom stereocenters. The van der Waals surface area contributed by atoms with Crippen molar-refractivity contribution in [2.75, 3.05) is 17.7 Å². The van der Waals surface area contributed by atoms with Gasteiger partial charge in [-0.3, -0.25) is 0 Å². The Kier molecular flexibility index (Phi) is 3.98. The normalized spacial score (nSPS) is 10.3. The molecule has 0 bridgehead atoms. The van der Waals surface area contributed by atoms with Crippen molar-refractivity contribution >= 4 is 28.1 Å². The lowest BCUT2D eigenvalue weighted by atomic mass is 10.1. The van der Waals surface area contributed by atoms with Crippen LogP contribution in [0.15, 0.2) is 42.7 Å². The van der Waals surface area contributed by atoms with E-state index >= 15 is 0 Å². The van der Waals surface area contributed by atoms with E-state index in [1.54, 1.807) is 0 Å². The Morgan fingerprint density at radius 3 is 2.91 bits per heavy atom. The Morgan fingerprint density at radius 1 is 1.26 bits per heavy atom. The zero-order valence-corrected chi connectivity index (χ0v) is 12.7. The first-order valence-electron chi connectivity index (χ1n) is 7.22. The number of aromatic nitrogens is 2. The fourth-order valence-electron chi connectivity index (χ4n) is 2.30. The van der Waals surface area contributed by atoms with Crippen molar-refractivity contribution in [1.82, 2.24) is 9.97 Å². The van der Waals surface area contributed by atoms with Gasteiger partial charge in [0.15, 0.2) is 0 Å². The molecule has 0 aliphatic carbocycles. The maximum absolute atomic E-state index is 6.05. The molecule has 0 fully saturated rings. The monoisotopic (exact) mass is 304 g/mol. The first kappa shape index (κ1) is 14.7. The number of fused-ring (bicyclic) bond motifs is 1. The van der Waals surface area contributed by atoms with Crippen LogP contribution in [0.1, 0.15) is 12.5 Å². The van der Waals surface area contributed by atoms with E-state index in [1.165, 1.54) is 6.33 Å².